The Bertz CT molecular complexity index is 741. The summed E-state index contributed by atoms with van der Waals surface area (Å²) >= 11 is 0. The van der Waals surface area contributed by atoms with Gasteiger partial charge in [0.25, 0.3) is 0 Å². The molecular formula is C18H25N5. The van der Waals surface area contributed by atoms with Crippen LogP contribution < -0.4 is 21.7 Å². The first kappa shape index (κ1) is 16.0. The molecule has 5 N–H and O–H groups in total. The van der Waals surface area contributed by atoms with Crippen molar-refractivity contribution in [3.63, 3.8) is 0 Å². The molecule has 0 saturated carbocycles. The maximum atomic E-state index is 3.50. The Morgan fingerprint density at radius 2 is 1.17 bits per heavy atom. The number of H-pyrrole nitrogens is 1. The molecule has 0 spiro atoms. The first-order valence-corrected chi connectivity index (χ1v) is 8.04. The first-order valence-electron chi connectivity index (χ1n) is 8.04. The van der Waals surface area contributed by atoms with Crippen LogP contribution in [0.15, 0.2) is 36.4 Å². The fraction of sp³-hybridized carbons (Fsp3) is 0.333. The minimum Gasteiger partial charge on any atom is -0.355 e. The predicted octanol–water partition coefficient (Wildman–Crippen LogP) is 2.89. The summed E-state index contributed by atoms with van der Waals surface area (Å²) in [4.78, 5) is 3.50. The summed E-state index contributed by atoms with van der Waals surface area (Å²) in [5.74, 6) is 0. The van der Waals surface area contributed by atoms with Gasteiger partial charge in [-0.25, -0.2) is 0 Å². The van der Waals surface area contributed by atoms with Crippen LogP contribution in [0.4, 0.5) is 0 Å². The third-order valence-corrected chi connectivity index (χ3v) is 4.37. The van der Waals surface area contributed by atoms with Gasteiger partial charge in [0, 0.05) is 33.9 Å². The van der Waals surface area contributed by atoms with Gasteiger partial charge in [0.1, 0.15) is 0 Å². The molecule has 0 fully saturated rings. The molecule has 2 aromatic carbocycles. The number of hydrazine groups is 2. The highest BCUT2D eigenvalue weighted by molar-refractivity contribution is 6.07. The zero-order valence-corrected chi connectivity index (χ0v) is 14.1. The molecule has 3 rings (SSSR count). The second-order valence-corrected chi connectivity index (χ2v) is 5.97. The van der Waals surface area contributed by atoms with Crippen LogP contribution in [0.5, 0.6) is 0 Å². The third kappa shape index (κ3) is 3.09. The quantitative estimate of drug-likeness (QED) is 0.454. The van der Waals surface area contributed by atoms with Crippen molar-refractivity contribution in [2.24, 2.45) is 0 Å². The number of aromatic nitrogens is 1. The standard InChI is InChI=1S/C18H25N5/c1-11(22-19-3)13-5-7-17-15(9-13)16-10-14(12(2)23-20-4)6-8-18(16)21-17/h5-12,19-23H,1-4H3. The second kappa shape index (κ2) is 6.68. The lowest BCUT2D eigenvalue weighted by atomic mass is 10.0. The van der Waals surface area contributed by atoms with Crippen LogP contribution >= 0.6 is 0 Å². The average Bonchev–Trinajstić information content (AvgIpc) is 2.92. The maximum absolute atomic E-state index is 3.50. The van der Waals surface area contributed by atoms with Crippen LogP contribution in [0.25, 0.3) is 21.8 Å². The summed E-state index contributed by atoms with van der Waals surface area (Å²) in [6.45, 7) is 4.30. The summed E-state index contributed by atoms with van der Waals surface area (Å²) < 4.78 is 0. The van der Waals surface area contributed by atoms with E-state index in [0.717, 1.165) is 0 Å². The fourth-order valence-electron chi connectivity index (χ4n) is 3.07. The van der Waals surface area contributed by atoms with Crippen LogP contribution in [-0.2, 0) is 0 Å². The molecule has 5 nitrogen and oxygen atoms in total. The molecule has 23 heavy (non-hydrogen) atoms. The van der Waals surface area contributed by atoms with Gasteiger partial charge in [-0.1, -0.05) is 12.1 Å². The van der Waals surface area contributed by atoms with E-state index in [0.29, 0.717) is 0 Å². The van der Waals surface area contributed by atoms with Crippen molar-refractivity contribution in [1.82, 2.24) is 26.7 Å². The molecular weight excluding hydrogens is 286 g/mol. The van der Waals surface area contributed by atoms with Gasteiger partial charge in [-0.3, -0.25) is 21.7 Å². The Hall–Kier alpha value is -1.92. The Labute approximate surface area is 136 Å². The topological polar surface area (TPSA) is 63.9 Å². The highest BCUT2D eigenvalue weighted by atomic mass is 15.3. The molecule has 1 aromatic heterocycles. The number of nitrogens with one attached hydrogen (secondary N) is 5. The normalized spacial score (nSPS) is 14.4. The summed E-state index contributed by atoms with van der Waals surface area (Å²) in [7, 11) is 3.78. The molecule has 5 heteroatoms. The molecule has 0 aliphatic rings. The summed E-state index contributed by atoms with van der Waals surface area (Å²) in [6, 6.07) is 13.7. The number of aromatic amines is 1. The van der Waals surface area contributed by atoms with Gasteiger partial charge in [0.05, 0.1) is 0 Å². The molecule has 0 aliphatic heterocycles. The number of rotatable bonds is 6. The van der Waals surface area contributed by atoms with Crippen LogP contribution in [0, 0.1) is 0 Å². The number of benzene rings is 2. The molecule has 0 amide bonds. The molecule has 0 saturated heterocycles. The van der Waals surface area contributed by atoms with Crippen molar-refractivity contribution in [2.45, 2.75) is 25.9 Å². The lowest BCUT2D eigenvalue weighted by Gasteiger charge is -2.14. The molecule has 0 bridgehead atoms. The summed E-state index contributed by atoms with van der Waals surface area (Å²) in [6.07, 6.45) is 0. The highest BCUT2D eigenvalue weighted by Gasteiger charge is 2.11. The Morgan fingerprint density at radius 1 is 0.739 bits per heavy atom. The third-order valence-electron chi connectivity index (χ3n) is 4.37. The smallest absolute Gasteiger partial charge is 0.0465 e. The van der Waals surface area contributed by atoms with Gasteiger partial charge in [0.2, 0.25) is 0 Å². The van der Waals surface area contributed by atoms with Crippen molar-refractivity contribution >= 4 is 21.8 Å². The van der Waals surface area contributed by atoms with E-state index in [9.17, 15) is 0 Å². The van der Waals surface area contributed by atoms with Crippen molar-refractivity contribution in [1.29, 1.82) is 0 Å². The molecule has 0 aliphatic carbocycles. The van der Waals surface area contributed by atoms with E-state index in [4.69, 9.17) is 0 Å². The number of fused-ring (bicyclic) bond motifs is 3. The van der Waals surface area contributed by atoms with E-state index in [1.807, 2.05) is 14.1 Å². The van der Waals surface area contributed by atoms with Gasteiger partial charge >= 0.3 is 0 Å². The fourth-order valence-corrected chi connectivity index (χ4v) is 3.07. The Kier molecular flexibility index (Phi) is 4.63. The van der Waals surface area contributed by atoms with Crippen molar-refractivity contribution < 1.29 is 0 Å². The lowest BCUT2D eigenvalue weighted by Crippen LogP contribution is -2.30. The van der Waals surface area contributed by atoms with E-state index in [2.05, 4.69) is 76.9 Å². The van der Waals surface area contributed by atoms with E-state index < -0.39 is 0 Å². The van der Waals surface area contributed by atoms with Crippen LogP contribution in [0.1, 0.15) is 37.1 Å². The molecule has 0 radical (unpaired) electrons. The monoisotopic (exact) mass is 311 g/mol. The maximum Gasteiger partial charge on any atom is 0.0465 e. The molecule has 3 aromatic rings. The predicted molar refractivity (Wildman–Crippen MR) is 97.0 cm³/mol. The Morgan fingerprint density at radius 3 is 1.57 bits per heavy atom. The van der Waals surface area contributed by atoms with Gasteiger partial charge < -0.3 is 4.98 Å². The van der Waals surface area contributed by atoms with Crippen LogP contribution in [-0.4, -0.2) is 19.1 Å². The average molecular weight is 311 g/mol. The van der Waals surface area contributed by atoms with Gasteiger partial charge in [-0.2, -0.15) is 0 Å². The lowest BCUT2D eigenvalue weighted by molar-refractivity contribution is 0.506. The first-order chi connectivity index (χ1) is 11.1. The van der Waals surface area contributed by atoms with Crippen LogP contribution in [0.3, 0.4) is 0 Å². The van der Waals surface area contributed by atoms with E-state index in [-0.39, 0.29) is 12.1 Å². The van der Waals surface area contributed by atoms with Gasteiger partial charge in [-0.15, -0.1) is 0 Å². The minimum atomic E-state index is 0.252. The summed E-state index contributed by atoms with van der Waals surface area (Å²) in [5, 5.41) is 2.53. The van der Waals surface area contributed by atoms with Crippen molar-refractivity contribution in [3.8, 4) is 0 Å². The minimum absolute atomic E-state index is 0.252. The van der Waals surface area contributed by atoms with E-state index in [1.165, 1.54) is 32.9 Å². The zero-order valence-electron chi connectivity index (χ0n) is 14.1. The summed E-state index contributed by atoms with van der Waals surface area (Å²) in [5.41, 5.74) is 17.4. The number of hydrogen-bond acceptors (Lipinski definition) is 4. The SMILES string of the molecule is CNNC(C)c1ccc2[nH]c3ccc(C(C)NNC)cc3c2c1. The van der Waals surface area contributed by atoms with E-state index >= 15 is 0 Å². The van der Waals surface area contributed by atoms with E-state index in [1.54, 1.807) is 0 Å². The Balaban J connectivity index is 2.09. The van der Waals surface area contributed by atoms with Crippen molar-refractivity contribution in [2.75, 3.05) is 14.1 Å². The molecule has 122 valence electrons. The molecule has 2 unspecified atom stereocenters. The second-order valence-electron chi connectivity index (χ2n) is 5.97. The number of hydrogen-bond donors (Lipinski definition) is 5. The van der Waals surface area contributed by atoms with Gasteiger partial charge in [-0.05, 0) is 63.3 Å². The largest absolute Gasteiger partial charge is 0.355 e. The molecule has 2 atom stereocenters. The van der Waals surface area contributed by atoms with Gasteiger partial charge in [0.15, 0.2) is 0 Å². The highest BCUT2D eigenvalue weighted by Crippen LogP contribution is 2.30. The molecule has 1 heterocycles. The van der Waals surface area contributed by atoms with Crippen molar-refractivity contribution in [3.05, 3.63) is 47.5 Å². The van der Waals surface area contributed by atoms with Crippen LogP contribution in [0.2, 0.25) is 0 Å². The zero-order chi connectivity index (χ0) is 16.4.